The molecule has 2 N–H and O–H groups in total. The molecule has 0 aliphatic heterocycles. The average Bonchev–Trinajstić information content (AvgIpc) is 3.48. The standard InChI is InChI=1S/C19H33N5O2/c1-20-19(21-9-11-24(2)10-4-12-25-3)23-14-17-7-8-18(22-13-17)26-15-16-5-6-16/h7-8,13,16H,4-6,9-12,14-15H2,1-3H3,(H2,20,21,23). The molecule has 1 aromatic rings. The van der Waals surface area contributed by atoms with Crippen molar-refractivity contribution in [1.82, 2.24) is 20.5 Å². The maximum absolute atomic E-state index is 5.66. The lowest BCUT2D eigenvalue weighted by atomic mass is 10.3. The van der Waals surface area contributed by atoms with E-state index in [0.717, 1.165) is 56.7 Å². The molecular weight excluding hydrogens is 330 g/mol. The Morgan fingerprint density at radius 2 is 2.15 bits per heavy atom. The van der Waals surface area contributed by atoms with E-state index in [4.69, 9.17) is 9.47 Å². The number of guanidine groups is 1. The molecule has 0 saturated heterocycles. The molecule has 1 heterocycles. The Morgan fingerprint density at radius 1 is 1.31 bits per heavy atom. The lowest BCUT2D eigenvalue weighted by molar-refractivity contribution is 0.180. The maximum atomic E-state index is 5.66. The highest BCUT2D eigenvalue weighted by molar-refractivity contribution is 5.79. The van der Waals surface area contributed by atoms with Crippen molar-refractivity contribution in [3.63, 3.8) is 0 Å². The van der Waals surface area contributed by atoms with Crippen molar-refractivity contribution in [1.29, 1.82) is 0 Å². The molecule has 0 unspecified atom stereocenters. The van der Waals surface area contributed by atoms with Crippen LogP contribution >= 0.6 is 0 Å². The van der Waals surface area contributed by atoms with E-state index in [9.17, 15) is 0 Å². The molecule has 2 rings (SSSR count). The van der Waals surface area contributed by atoms with E-state index in [2.05, 4.69) is 32.6 Å². The van der Waals surface area contributed by atoms with Crippen LogP contribution in [0.25, 0.3) is 0 Å². The van der Waals surface area contributed by atoms with Gasteiger partial charge in [-0.1, -0.05) is 6.07 Å². The number of aromatic nitrogens is 1. The number of rotatable bonds is 12. The highest BCUT2D eigenvalue weighted by atomic mass is 16.5. The predicted octanol–water partition coefficient (Wildman–Crippen LogP) is 1.50. The van der Waals surface area contributed by atoms with Crippen LogP contribution in [0.2, 0.25) is 0 Å². The van der Waals surface area contributed by atoms with Crippen LogP contribution in [0.3, 0.4) is 0 Å². The van der Waals surface area contributed by atoms with E-state index in [1.54, 1.807) is 14.2 Å². The zero-order valence-electron chi connectivity index (χ0n) is 16.3. The van der Waals surface area contributed by atoms with Crippen LogP contribution in [0, 0.1) is 5.92 Å². The van der Waals surface area contributed by atoms with Gasteiger partial charge < -0.3 is 25.0 Å². The van der Waals surface area contributed by atoms with Crippen LogP contribution in [0.4, 0.5) is 0 Å². The number of ether oxygens (including phenoxy) is 2. The number of nitrogens with zero attached hydrogens (tertiary/aromatic N) is 3. The fraction of sp³-hybridized carbons (Fsp3) is 0.684. The summed E-state index contributed by atoms with van der Waals surface area (Å²) in [6, 6.07) is 3.98. The highest BCUT2D eigenvalue weighted by Crippen LogP contribution is 2.29. The molecule has 146 valence electrons. The monoisotopic (exact) mass is 363 g/mol. The largest absolute Gasteiger partial charge is 0.477 e. The van der Waals surface area contributed by atoms with Gasteiger partial charge in [-0.15, -0.1) is 0 Å². The Hall–Kier alpha value is -1.86. The van der Waals surface area contributed by atoms with Crippen molar-refractivity contribution >= 4 is 5.96 Å². The topological polar surface area (TPSA) is 71.0 Å². The minimum atomic E-state index is 0.680. The lowest BCUT2D eigenvalue weighted by Gasteiger charge is -2.18. The third-order valence-electron chi connectivity index (χ3n) is 4.32. The summed E-state index contributed by atoms with van der Waals surface area (Å²) in [4.78, 5) is 10.9. The zero-order valence-corrected chi connectivity index (χ0v) is 16.3. The summed E-state index contributed by atoms with van der Waals surface area (Å²) in [6.45, 7) is 5.11. The van der Waals surface area contributed by atoms with Gasteiger partial charge in [-0.05, 0) is 37.8 Å². The van der Waals surface area contributed by atoms with E-state index in [1.807, 2.05) is 18.3 Å². The number of aliphatic imine (C=N–C) groups is 1. The van der Waals surface area contributed by atoms with Gasteiger partial charge in [-0.3, -0.25) is 4.99 Å². The normalized spacial score (nSPS) is 14.5. The Morgan fingerprint density at radius 3 is 2.81 bits per heavy atom. The van der Waals surface area contributed by atoms with Crippen LogP contribution in [0.1, 0.15) is 24.8 Å². The second-order valence-electron chi connectivity index (χ2n) is 6.76. The minimum absolute atomic E-state index is 0.680. The summed E-state index contributed by atoms with van der Waals surface area (Å²) in [7, 11) is 5.64. The molecule has 0 aromatic carbocycles. The number of likely N-dealkylation sites (N-methyl/N-ethyl adjacent to an activating group) is 1. The van der Waals surface area contributed by atoms with Gasteiger partial charge in [0.15, 0.2) is 5.96 Å². The first-order valence-electron chi connectivity index (χ1n) is 9.41. The molecule has 7 heteroatoms. The van der Waals surface area contributed by atoms with Gasteiger partial charge in [0.05, 0.1) is 6.61 Å². The summed E-state index contributed by atoms with van der Waals surface area (Å²) < 4.78 is 10.7. The van der Waals surface area contributed by atoms with Crippen LogP contribution < -0.4 is 15.4 Å². The van der Waals surface area contributed by atoms with E-state index < -0.39 is 0 Å². The van der Waals surface area contributed by atoms with E-state index >= 15 is 0 Å². The molecule has 1 aliphatic rings. The number of pyridine rings is 1. The maximum Gasteiger partial charge on any atom is 0.213 e. The molecule has 0 radical (unpaired) electrons. The predicted molar refractivity (Wildman–Crippen MR) is 105 cm³/mol. The number of nitrogens with one attached hydrogen (secondary N) is 2. The molecule has 0 amide bonds. The fourth-order valence-corrected chi connectivity index (χ4v) is 2.45. The first kappa shape index (κ1) is 20.5. The third-order valence-corrected chi connectivity index (χ3v) is 4.32. The first-order chi connectivity index (χ1) is 12.7. The Bertz CT molecular complexity index is 531. The number of hydrogen-bond acceptors (Lipinski definition) is 5. The minimum Gasteiger partial charge on any atom is -0.477 e. The van der Waals surface area contributed by atoms with Gasteiger partial charge in [-0.25, -0.2) is 4.98 Å². The fourth-order valence-electron chi connectivity index (χ4n) is 2.45. The molecule has 26 heavy (non-hydrogen) atoms. The smallest absolute Gasteiger partial charge is 0.213 e. The molecule has 1 aliphatic carbocycles. The van der Waals surface area contributed by atoms with Crippen LogP contribution in [0.15, 0.2) is 23.3 Å². The van der Waals surface area contributed by atoms with E-state index in [1.165, 1.54) is 12.8 Å². The summed E-state index contributed by atoms with van der Waals surface area (Å²) in [5.74, 6) is 2.25. The molecule has 1 saturated carbocycles. The van der Waals surface area contributed by atoms with Gasteiger partial charge in [0.2, 0.25) is 5.88 Å². The van der Waals surface area contributed by atoms with Crippen LogP contribution in [-0.2, 0) is 11.3 Å². The van der Waals surface area contributed by atoms with Gasteiger partial charge >= 0.3 is 0 Å². The first-order valence-corrected chi connectivity index (χ1v) is 9.41. The Kier molecular flexibility index (Phi) is 9.20. The Labute approximate surface area is 157 Å². The summed E-state index contributed by atoms with van der Waals surface area (Å²) >= 11 is 0. The van der Waals surface area contributed by atoms with E-state index in [0.29, 0.717) is 12.4 Å². The summed E-state index contributed by atoms with van der Waals surface area (Å²) in [5, 5.41) is 6.64. The van der Waals surface area contributed by atoms with Crippen molar-refractivity contribution in [2.24, 2.45) is 10.9 Å². The zero-order chi connectivity index (χ0) is 18.6. The second-order valence-corrected chi connectivity index (χ2v) is 6.76. The Balaban J connectivity index is 1.61. The van der Waals surface area contributed by atoms with Crippen molar-refractivity contribution in [3.8, 4) is 5.88 Å². The third kappa shape index (κ3) is 8.49. The quantitative estimate of drug-likeness (QED) is 0.333. The molecule has 1 fully saturated rings. The lowest BCUT2D eigenvalue weighted by Crippen LogP contribution is -2.40. The molecular formula is C19H33N5O2. The van der Waals surface area contributed by atoms with Gasteiger partial charge in [0.25, 0.3) is 0 Å². The summed E-state index contributed by atoms with van der Waals surface area (Å²) in [5.41, 5.74) is 1.10. The average molecular weight is 364 g/mol. The molecule has 0 bridgehead atoms. The molecule has 0 spiro atoms. The van der Waals surface area contributed by atoms with Gasteiger partial charge in [-0.2, -0.15) is 0 Å². The SMILES string of the molecule is CN=C(NCCN(C)CCCOC)NCc1ccc(OCC2CC2)nc1. The van der Waals surface area contributed by atoms with Crippen molar-refractivity contribution in [2.75, 3.05) is 54.1 Å². The van der Waals surface area contributed by atoms with Crippen molar-refractivity contribution in [3.05, 3.63) is 23.9 Å². The second kappa shape index (κ2) is 11.7. The number of methoxy groups -OCH3 is 1. The number of hydrogen-bond donors (Lipinski definition) is 2. The summed E-state index contributed by atoms with van der Waals surface area (Å²) in [6.07, 6.45) is 5.48. The van der Waals surface area contributed by atoms with Crippen molar-refractivity contribution in [2.45, 2.75) is 25.8 Å². The molecule has 1 aromatic heterocycles. The van der Waals surface area contributed by atoms with Crippen LogP contribution in [0.5, 0.6) is 5.88 Å². The van der Waals surface area contributed by atoms with E-state index in [-0.39, 0.29) is 0 Å². The van der Waals surface area contributed by atoms with Crippen LogP contribution in [-0.4, -0.2) is 69.9 Å². The van der Waals surface area contributed by atoms with Gasteiger partial charge in [0, 0.05) is 59.2 Å². The van der Waals surface area contributed by atoms with Crippen molar-refractivity contribution < 1.29 is 9.47 Å². The van der Waals surface area contributed by atoms with Gasteiger partial charge in [0.1, 0.15) is 0 Å². The highest BCUT2D eigenvalue weighted by Gasteiger charge is 2.21. The molecule has 7 nitrogen and oxygen atoms in total. The molecule has 0 atom stereocenters.